The fraction of sp³-hybridized carbons (Fsp3) is 0.364. The van der Waals surface area contributed by atoms with Crippen LogP contribution in [0.1, 0.15) is 18.5 Å². The van der Waals surface area contributed by atoms with Gasteiger partial charge >= 0.3 is 11.9 Å². The summed E-state index contributed by atoms with van der Waals surface area (Å²) < 4.78 is 31.3. The molecule has 4 nitrogen and oxygen atoms in total. The molecular weight excluding hydrogens is 232 g/mol. The second kappa shape index (κ2) is 5.09. The van der Waals surface area contributed by atoms with Crippen LogP contribution in [0, 0.1) is 0 Å². The molecular formula is C11H13F2NO3. The van der Waals surface area contributed by atoms with Crippen LogP contribution >= 0.6 is 0 Å². The largest absolute Gasteiger partial charge is 0.508 e. The van der Waals surface area contributed by atoms with Crippen molar-refractivity contribution < 1.29 is 23.4 Å². The Morgan fingerprint density at radius 3 is 2.65 bits per heavy atom. The molecule has 3 N–H and O–H groups in total. The average molecular weight is 245 g/mol. The molecule has 1 aromatic rings. The number of benzene rings is 1. The Labute approximate surface area is 97.0 Å². The van der Waals surface area contributed by atoms with Gasteiger partial charge in [-0.15, -0.1) is 0 Å². The molecule has 0 spiro atoms. The van der Waals surface area contributed by atoms with E-state index in [4.69, 9.17) is 5.73 Å². The van der Waals surface area contributed by atoms with E-state index in [2.05, 4.69) is 4.74 Å². The second-order valence-electron chi connectivity index (χ2n) is 3.38. The van der Waals surface area contributed by atoms with Crippen molar-refractivity contribution in [2.45, 2.75) is 18.9 Å². The molecule has 0 saturated heterocycles. The maximum absolute atomic E-state index is 13.6. The average Bonchev–Trinajstić information content (AvgIpc) is 2.29. The molecule has 1 atom stereocenters. The minimum absolute atomic E-state index is 0.165. The van der Waals surface area contributed by atoms with E-state index in [1.807, 2.05) is 0 Å². The van der Waals surface area contributed by atoms with Gasteiger partial charge in [-0.2, -0.15) is 8.78 Å². The lowest BCUT2D eigenvalue weighted by Gasteiger charge is -2.22. The van der Waals surface area contributed by atoms with Gasteiger partial charge in [0.25, 0.3) is 0 Å². The third-order valence-electron chi connectivity index (χ3n) is 2.21. The Hall–Kier alpha value is -1.69. The smallest absolute Gasteiger partial charge is 0.379 e. The lowest BCUT2D eigenvalue weighted by atomic mass is 10.0. The van der Waals surface area contributed by atoms with E-state index in [1.54, 1.807) is 0 Å². The summed E-state index contributed by atoms with van der Waals surface area (Å²) in [5.41, 5.74) is 5.09. The number of para-hydroxylation sites is 1. The van der Waals surface area contributed by atoms with E-state index < -0.39 is 17.9 Å². The van der Waals surface area contributed by atoms with Gasteiger partial charge in [0.05, 0.1) is 6.61 Å². The summed E-state index contributed by atoms with van der Waals surface area (Å²) in [7, 11) is 0. The first-order valence-corrected chi connectivity index (χ1v) is 4.99. The van der Waals surface area contributed by atoms with Crippen LogP contribution < -0.4 is 5.73 Å². The number of hydrogen-bond acceptors (Lipinski definition) is 4. The van der Waals surface area contributed by atoms with E-state index in [1.165, 1.54) is 31.2 Å². The van der Waals surface area contributed by atoms with Crippen LogP contribution in [0.15, 0.2) is 24.3 Å². The van der Waals surface area contributed by atoms with Crippen LogP contribution in [0.3, 0.4) is 0 Å². The lowest BCUT2D eigenvalue weighted by molar-refractivity contribution is -0.174. The molecule has 1 rings (SSSR count). The summed E-state index contributed by atoms with van der Waals surface area (Å²) >= 11 is 0. The molecule has 0 aliphatic rings. The number of carbonyl (C=O) groups excluding carboxylic acids is 1. The maximum atomic E-state index is 13.6. The van der Waals surface area contributed by atoms with Crippen LogP contribution in [0.4, 0.5) is 8.78 Å². The number of hydrogen-bond donors (Lipinski definition) is 2. The van der Waals surface area contributed by atoms with Crippen LogP contribution in [0.2, 0.25) is 0 Å². The Morgan fingerprint density at radius 1 is 1.53 bits per heavy atom. The fourth-order valence-corrected chi connectivity index (χ4v) is 1.30. The van der Waals surface area contributed by atoms with Crippen molar-refractivity contribution in [1.29, 1.82) is 0 Å². The number of esters is 1. The molecule has 0 radical (unpaired) electrons. The summed E-state index contributed by atoms with van der Waals surface area (Å²) in [6, 6.07) is 3.41. The van der Waals surface area contributed by atoms with Crippen molar-refractivity contribution in [3.63, 3.8) is 0 Å². The van der Waals surface area contributed by atoms with Gasteiger partial charge in [-0.1, -0.05) is 18.2 Å². The molecule has 0 amide bonds. The first kappa shape index (κ1) is 13.4. The maximum Gasteiger partial charge on any atom is 0.379 e. The van der Waals surface area contributed by atoms with Gasteiger partial charge in [0.15, 0.2) is 0 Å². The SMILES string of the molecule is CCOC(=O)C(F)(F)[C@@H](N)c1ccccc1O. The zero-order chi connectivity index (χ0) is 13.1. The summed E-state index contributed by atoms with van der Waals surface area (Å²) in [5, 5.41) is 9.39. The van der Waals surface area contributed by atoms with Crippen molar-refractivity contribution in [1.82, 2.24) is 0 Å². The molecule has 0 fully saturated rings. The highest BCUT2D eigenvalue weighted by atomic mass is 19.3. The van der Waals surface area contributed by atoms with Gasteiger partial charge < -0.3 is 15.6 Å². The van der Waals surface area contributed by atoms with Gasteiger partial charge in [0.2, 0.25) is 0 Å². The Kier molecular flexibility index (Phi) is 4.01. The summed E-state index contributed by atoms with van der Waals surface area (Å²) in [6.45, 7) is 1.25. The fourth-order valence-electron chi connectivity index (χ4n) is 1.30. The third-order valence-corrected chi connectivity index (χ3v) is 2.21. The molecule has 0 heterocycles. The highest BCUT2D eigenvalue weighted by Crippen LogP contribution is 2.34. The Balaban J connectivity index is 3.00. The van der Waals surface area contributed by atoms with Crippen molar-refractivity contribution in [2.24, 2.45) is 5.73 Å². The predicted octanol–water partition coefficient (Wildman–Crippen LogP) is 1.59. The first-order valence-electron chi connectivity index (χ1n) is 4.99. The van der Waals surface area contributed by atoms with Crippen LogP contribution in [-0.4, -0.2) is 23.6 Å². The van der Waals surface area contributed by atoms with Crippen molar-refractivity contribution in [3.05, 3.63) is 29.8 Å². The Bertz CT molecular complexity index is 409. The molecule has 94 valence electrons. The quantitative estimate of drug-likeness (QED) is 0.790. The molecule has 6 heteroatoms. The lowest BCUT2D eigenvalue weighted by Crippen LogP contribution is -2.41. The molecule has 0 aromatic heterocycles. The zero-order valence-corrected chi connectivity index (χ0v) is 9.19. The van der Waals surface area contributed by atoms with Gasteiger partial charge in [0.1, 0.15) is 11.8 Å². The molecule has 0 aliphatic carbocycles. The summed E-state index contributed by atoms with van der Waals surface area (Å²) in [5.74, 6) is -5.96. The summed E-state index contributed by atoms with van der Waals surface area (Å²) in [6.07, 6.45) is 0. The molecule has 0 aliphatic heterocycles. The number of halogens is 2. The molecule has 17 heavy (non-hydrogen) atoms. The number of alkyl halides is 2. The van der Waals surface area contributed by atoms with E-state index in [0.717, 1.165) is 0 Å². The number of phenolic OH excluding ortho intramolecular Hbond substituents is 1. The topological polar surface area (TPSA) is 72.5 Å². The van der Waals surface area contributed by atoms with Crippen molar-refractivity contribution in [2.75, 3.05) is 6.61 Å². The zero-order valence-electron chi connectivity index (χ0n) is 9.19. The number of aromatic hydroxyl groups is 1. The second-order valence-corrected chi connectivity index (χ2v) is 3.38. The molecule has 0 unspecified atom stereocenters. The van der Waals surface area contributed by atoms with E-state index >= 15 is 0 Å². The van der Waals surface area contributed by atoms with E-state index in [9.17, 15) is 18.7 Å². The van der Waals surface area contributed by atoms with Gasteiger partial charge in [-0.3, -0.25) is 0 Å². The monoisotopic (exact) mass is 245 g/mol. The predicted molar refractivity (Wildman–Crippen MR) is 56.6 cm³/mol. The highest BCUT2D eigenvalue weighted by molar-refractivity contribution is 5.79. The number of carbonyl (C=O) groups is 1. The first-order chi connectivity index (χ1) is 7.91. The number of ether oxygens (including phenoxy) is 1. The summed E-state index contributed by atoms with van der Waals surface area (Å²) in [4.78, 5) is 11.1. The van der Waals surface area contributed by atoms with Gasteiger partial charge in [-0.05, 0) is 13.0 Å². The van der Waals surface area contributed by atoms with Crippen LogP contribution in [0.5, 0.6) is 5.75 Å². The standard InChI is InChI=1S/C11H13F2NO3/c1-2-17-10(16)11(12,13)9(14)7-5-3-4-6-8(7)15/h3-6,9,15H,2,14H2,1H3/t9-/m0/s1. The minimum atomic E-state index is -3.88. The highest BCUT2D eigenvalue weighted by Gasteiger charge is 2.48. The van der Waals surface area contributed by atoms with E-state index in [0.29, 0.717) is 0 Å². The van der Waals surface area contributed by atoms with Gasteiger partial charge in [0, 0.05) is 5.56 Å². The van der Waals surface area contributed by atoms with Crippen molar-refractivity contribution >= 4 is 5.97 Å². The number of phenols is 1. The number of nitrogens with two attached hydrogens (primary N) is 1. The number of rotatable bonds is 4. The van der Waals surface area contributed by atoms with Gasteiger partial charge in [-0.25, -0.2) is 4.79 Å². The van der Waals surface area contributed by atoms with E-state index in [-0.39, 0.29) is 17.9 Å². The van der Waals surface area contributed by atoms with Crippen LogP contribution in [0.25, 0.3) is 0 Å². The van der Waals surface area contributed by atoms with Crippen LogP contribution in [-0.2, 0) is 9.53 Å². The Morgan fingerprint density at radius 2 is 2.12 bits per heavy atom. The normalized spacial score (nSPS) is 13.2. The molecule has 0 saturated carbocycles. The third kappa shape index (κ3) is 2.71. The van der Waals surface area contributed by atoms with Crippen molar-refractivity contribution in [3.8, 4) is 5.75 Å². The molecule has 1 aromatic carbocycles. The molecule has 0 bridgehead atoms. The minimum Gasteiger partial charge on any atom is -0.508 e.